The van der Waals surface area contributed by atoms with E-state index in [1.165, 1.54) is 24.2 Å². The molecular weight excluding hydrogens is 515 g/mol. The van der Waals surface area contributed by atoms with Crippen molar-refractivity contribution >= 4 is 11.8 Å². The Hall–Kier alpha value is -1.63. The van der Waals surface area contributed by atoms with Gasteiger partial charge in [0.1, 0.15) is 0 Å². The number of benzene rings is 1. The van der Waals surface area contributed by atoms with Crippen LogP contribution >= 0.6 is 11.8 Å². The van der Waals surface area contributed by atoms with Crippen molar-refractivity contribution < 1.29 is 23.0 Å². The van der Waals surface area contributed by atoms with Gasteiger partial charge in [-0.25, -0.2) is 0 Å². The molecule has 1 aromatic heterocycles. The van der Waals surface area contributed by atoms with Crippen LogP contribution in [0, 0.1) is 0 Å². The average molecular weight is 554 g/mol. The minimum Gasteiger partial charge on any atom is -0.390 e. The number of hydrogen-bond acceptors (Lipinski definition) is 7. The second-order valence-electron chi connectivity index (χ2n) is 10.4. The predicted molar refractivity (Wildman–Crippen MR) is 142 cm³/mol. The summed E-state index contributed by atoms with van der Waals surface area (Å²) in [6.45, 7) is 8.12. The van der Waals surface area contributed by atoms with Crippen molar-refractivity contribution in [2.75, 3.05) is 64.8 Å². The summed E-state index contributed by atoms with van der Waals surface area (Å²) < 4.78 is 48.9. The van der Waals surface area contributed by atoms with Gasteiger partial charge in [-0.15, -0.1) is 11.8 Å². The number of aromatic nitrogens is 2. The third-order valence-electron chi connectivity index (χ3n) is 7.64. The van der Waals surface area contributed by atoms with Crippen molar-refractivity contribution in [2.45, 2.75) is 55.9 Å². The number of fused-ring (bicyclic) bond motifs is 1. The maximum Gasteiger partial charge on any atom is 0.417 e. The van der Waals surface area contributed by atoms with E-state index in [1.807, 2.05) is 4.68 Å². The van der Waals surface area contributed by atoms with Crippen LogP contribution in [0.3, 0.4) is 0 Å². The summed E-state index contributed by atoms with van der Waals surface area (Å²) in [7, 11) is 0. The molecular formula is C27H38F3N5O2S. The molecule has 0 spiro atoms. The maximum atomic E-state index is 13.9. The fourth-order valence-electron chi connectivity index (χ4n) is 5.63. The zero-order valence-electron chi connectivity index (χ0n) is 21.8. The van der Waals surface area contributed by atoms with Gasteiger partial charge in [-0.2, -0.15) is 18.3 Å². The first-order chi connectivity index (χ1) is 18.4. The summed E-state index contributed by atoms with van der Waals surface area (Å²) >= 11 is 1.28. The molecule has 1 aromatic carbocycles. The quantitative estimate of drug-likeness (QED) is 0.461. The molecule has 2 aromatic rings. The number of thioether (sulfide) groups is 1. The molecule has 5 rings (SSSR count). The first-order valence-electron chi connectivity index (χ1n) is 13.7. The van der Waals surface area contributed by atoms with E-state index >= 15 is 0 Å². The van der Waals surface area contributed by atoms with Crippen LogP contribution in [0.15, 0.2) is 23.1 Å². The van der Waals surface area contributed by atoms with Crippen LogP contribution in [0.4, 0.5) is 13.2 Å². The van der Waals surface area contributed by atoms with E-state index in [0.717, 1.165) is 69.8 Å². The van der Waals surface area contributed by atoms with Crippen molar-refractivity contribution in [3.05, 3.63) is 35.0 Å². The third kappa shape index (κ3) is 6.92. The van der Waals surface area contributed by atoms with Crippen LogP contribution < -0.4 is 5.32 Å². The number of rotatable bonds is 9. The Kier molecular flexibility index (Phi) is 9.33. The Balaban J connectivity index is 1.36. The lowest BCUT2D eigenvalue weighted by molar-refractivity contribution is -0.139. The number of aliphatic hydroxyl groups excluding tert-OH is 1. The van der Waals surface area contributed by atoms with Gasteiger partial charge < -0.3 is 20.1 Å². The summed E-state index contributed by atoms with van der Waals surface area (Å²) in [6.07, 6.45) is -0.664. The second kappa shape index (κ2) is 12.7. The molecule has 0 amide bonds. The second-order valence-corrected chi connectivity index (χ2v) is 11.5. The standard InChI is InChI=1S/C27H38F3N5O2S/c28-27(29,30)23-5-4-20(16-25(23)38-15-12-33-8-2-1-3-9-33)26-22-17-31-7-6-24(22)35(32-26)19-21(36)18-34-10-13-37-14-11-34/h4-5,16,21,31,36H,1-3,6-15,17-19H2. The number of ether oxygens (including phenoxy) is 1. The molecule has 38 heavy (non-hydrogen) atoms. The highest BCUT2D eigenvalue weighted by Crippen LogP contribution is 2.40. The van der Waals surface area contributed by atoms with Gasteiger partial charge in [-0.1, -0.05) is 12.5 Å². The van der Waals surface area contributed by atoms with Crippen molar-refractivity contribution in [1.82, 2.24) is 24.9 Å². The van der Waals surface area contributed by atoms with Gasteiger partial charge in [-0.3, -0.25) is 9.58 Å². The van der Waals surface area contributed by atoms with Crippen molar-refractivity contribution in [3.63, 3.8) is 0 Å². The lowest BCUT2D eigenvalue weighted by Gasteiger charge is -2.28. The predicted octanol–water partition coefficient (Wildman–Crippen LogP) is 3.49. The highest BCUT2D eigenvalue weighted by Gasteiger charge is 2.34. The van der Waals surface area contributed by atoms with E-state index in [0.29, 0.717) is 49.9 Å². The van der Waals surface area contributed by atoms with Crippen molar-refractivity contribution in [3.8, 4) is 11.3 Å². The zero-order chi connectivity index (χ0) is 26.5. The number of morpholine rings is 1. The zero-order valence-corrected chi connectivity index (χ0v) is 22.6. The van der Waals surface area contributed by atoms with Gasteiger partial charge in [0.05, 0.1) is 37.1 Å². The minimum absolute atomic E-state index is 0.256. The van der Waals surface area contributed by atoms with Gasteiger partial charge >= 0.3 is 6.18 Å². The molecule has 1 unspecified atom stereocenters. The summed E-state index contributed by atoms with van der Waals surface area (Å²) in [5.74, 6) is 0.619. The van der Waals surface area contributed by atoms with E-state index in [4.69, 9.17) is 9.84 Å². The molecule has 3 aliphatic heterocycles. The summed E-state index contributed by atoms with van der Waals surface area (Å²) in [4.78, 5) is 4.79. The molecule has 2 fully saturated rings. The highest BCUT2D eigenvalue weighted by atomic mass is 32.2. The summed E-state index contributed by atoms with van der Waals surface area (Å²) in [5.41, 5.74) is 2.88. The molecule has 11 heteroatoms. The minimum atomic E-state index is -4.41. The number of piperidine rings is 1. The number of halogens is 3. The van der Waals surface area contributed by atoms with Crippen LogP contribution in [-0.4, -0.2) is 95.6 Å². The Morgan fingerprint density at radius 1 is 1.05 bits per heavy atom. The summed E-state index contributed by atoms with van der Waals surface area (Å²) in [6, 6.07) is 4.41. The number of alkyl halides is 3. The topological polar surface area (TPSA) is 65.8 Å². The van der Waals surface area contributed by atoms with Gasteiger partial charge in [0.2, 0.25) is 0 Å². The van der Waals surface area contributed by atoms with E-state index in [9.17, 15) is 18.3 Å². The molecule has 4 heterocycles. The Morgan fingerprint density at radius 3 is 2.61 bits per heavy atom. The van der Waals surface area contributed by atoms with Crippen LogP contribution in [0.2, 0.25) is 0 Å². The number of aliphatic hydroxyl groups is 1. The maximum absolute atomic E-state index is 13.9. The van der Waals surface area contributed by atoms with E-state index in [1.54, 1.807) is 12.1 Å². The Labute approximate surface area is 226 Å². The van der Waals surface area contributed by atoms with E-state index < -0.39 is 17.8 Å². The Morgan fingerprint density at radius 2 is 1.84 bits per heavy atom. The average Bonchev–Trinajstić information content (AvgIpc) is 3.27. The molecule has 7 nitrogen and oxygen atoms in total. The molecule has 0 radical (unpaired) electrons. The lowest BCUT2D eigenvalue weighted by atomic mass is 10.0. The van der Waals surface area contributed by atoms with Crippen LogP contribution in [0.25, 0.3) is 11.3 Å². The van der Waals surface area contributed by atoms with Crippen LogP contribution in [0.5, 0.6) is 0 Å². The van der Waals surface area contributed by atoms with Crippen molar-refractivity contribution in [2.24, 2.45) is 0 Å². The van der Waals surface area contributed by atoms with Crippen molar-refractivity contribution in [1.29, 1.82) is 0 Å². The number of nitrogens with zero attached hydrogens (tertiary/aromatic N) is 4. The molecule has 1 atom stereocenters. The molecule has 2 saturated heterocycles. The molecule has 210 valence electrons. The molecule has 3 aliphatic rings. The molecule has 0 saturated carbocycles. The highest BCUT2D eigenvalue weighted by molar-refractivity contribution is 7.99. The van der Waals surface area contributed by atoms with Crippen LogP contribution in [-0.2, 0) is 30.4 Å². The first-order valence-corrected chi connectivity index (χ1v) is 14.7. The smallest absolute Gasteiger partial charge is 0.390 e. The van der Waals surface area contributed by atoms with Gasteiger partial charge in [0.25, 0.3) is 0 Å². The Bertz CT molecular complexity index is 1070. The van der Waals surface area contributed by atoms with Gasteiger partial charge in [-0.05, 0) is 38.1 Å². The SMILES string of the molecule is OC(CN1CCOCC1)Cn1nc(-c2ccc(C(F)(F)F)c(SCCN3CCCCC3)c2)c2c1CCNC2. The largest absolute Gasteiger partial charge is 0.417 e. The third-order valence-corrected chi connectivity index (χ3v) is 8.67. The number of likely N-dealkylation sites (tertiary alicyclic amines) is 1. The normalized spacial score (nSPS) is 20.4. The molecule has 0 aliphatic carbocycles. The first kappa shape index (κ1) is 27.9. The molecule has 2 N–H and O–H groups in total. The number of hydrogen-bond donors (Lipinski definition) is 2. The lowest BCUT2D eigenvalue weighted by Crippen LogP contribution is -2.42. The van der Waals surface area contributed by atoms with Crippen LogP contribution in [0.1, 0.15) is 36.1 Å². The van der Waals surface area contributed by atoms with Gasteiger partial charge in [0, 0.05) is 73.2 Å². The molecule has 0 bridgehead atoms. The monoisotopic (exact) mass is 553 g/mol. The fourth-order valence-corrected chi connectivity index (χ4v) is 6.75. The fraction of sp³-hybridized carbons (Fsp3) is 0.667. The van der Waals surface area contributed by atoms with E-state index in [-0.39, 0.29) is 4.90 Å². The van der Waals surface area contributed by atoms with E-state index in [2.05, 4.69) is 15.1 Å². The number of nitrogens with one attached hydrogen (secondary N) is 1. The number of β-amino-alcohol motifs (C(OH)–C–C–N with tert-alkyl or cyclic N) is 1. The summed E-state index contributed by atoms with van der Waals surface area (Å²) in [5, 5.41) is 19.1. The van der Waals surface area contributed by atoms with Gasteiger partial charge in [0.15, 0.2) is 0 Å².